The molecule has 1 nitrogen and oxygen atoms in total. The van der Waals surface area contributed by atoms with E-state index in [0.29, 0.717) is 0 Å². The fraction of sp³-hybridized carbons (Fsp3) is 0.680. The third kappa shape index (κ3) is 11.5. The van der Waals surface area contributed by atoms with E-state index in [-0.39, 0.29) is 5.54 Å². The van der Waals surface area contributed by atoms with Crippen molar-refractivity contribution in [3.05, 3.63) is 42.0 Å². The summed E-state index contributed by atoms with van der Waals surface area (Å²) < 4.78 is 0. The summed E-state index contributed by atoms with van der Waals surface area (Å²) in [4.78, 5) is 0. The van der Waals surface area contributed by atoms with Gasteiger partial charge in [-0.2, -0.15) is 0 Å². The molecule has 0 unspecified atom stereocenters. The molecule has 1 N–H and O–H groups in total. The Morgan fingerprint density at radius 1 is 0.808 bits per heavy atom. The predicted molar refractivity (Wildman–Crippen MR) is 119 cm³/mol. The van der Waals surface area contributed by atoms with Gasteiger partial charge in [-0.15, -0.1) is 0 Å². The molecule has 0 heterocycles. The largest absolute Gasteiger partial charge is 0.308 e. The number of rotatable bonds is 16. The molecule has 148 valence electrons. The zero-order valence-electron chi connectivity index (χ0n) is 17.8. The lowest BCUT2D eigenvalue weighted by Gasteiger charge is -2.26. The summed E-state index contributed by atoms with van der Waals surface area (Å²) in [6.07, 6.45) is 18.7. The van der Waals surface area contributed by atoms with E-state index in [1.807, 2.05) is 6.08 Å². The molecule has 0 fully saturated rings. The molecule has 0 aliphatic rings. The molecular weight excluding hydrogens is 314 g/mol. The van der Waals surface area contributed by atoms with Crippen LogP contribution in [0.2, 0.25) is 0 Å². The summed E-state index contributed by atoms with van der Waals surface area (Å²) in [5.41, 5.74) is 2.76. The van der Waals surface area contributed by atoms with Crippen molar-refractivity contribution >= 4 is 6.08 Å². The lowest BCUT2D eigenvalue weighted by molar-refractivity contribution is 0.344. The van der Waals surface area contributed by atoms with Gasteiger partial charge >= 0.3 is 0 Å². The molecule has 0 radical (unpaired) electrons. The van der Waals surface area contributed by atoms with E-state index in [9.17, 15) is 0 Å². The van der Waals surface area contributed by atoms with Crippen molar-refractivity contribution < 1.29 is 0 Å². The van der Waals surface area contributed by atoms with Gasteiger partial charge in [0, 0.05) is 12.1 Å². The molecule has 0 bridgehead atoms. The monoisotopic (exact) mass is 357 g/mol. The van der Waals surface area contributed by atoms with E-state index in [1.54, 1.807) is 0 Å². The van der Waals surface area contributed by atoms with Crippen LogP contribution in [0.1, 0.15) is 109 Å². The third-order valence-corrected chi connectivity index (χ3v) is 5.39. The van der Waals surface area contributed by atoms with Gasteiger partial charge in [-0.05, 0) is 31.4 Å². The van der Waals surface area contributed by atoms with E-state index in [2.05, 4.69) is 56.9 Å². The summed E-state index contributed by atoms with van der Waals surface area (Å²) in [7, 11) is 0. The first-order valence-corrected chi connectivity index (χ1v) is 11.0. The Morgan fingerprint density at radius 3 is 1.81 bits per heavy atom. The molecule has 1 aromatic carbocycles. The molecule has 0 aliphatic heterocycles. The normalized spacial score (nSPS) is 11.7. The van der Waals surface area contributed by atoms with Crippen molar-refractivity contribution in [2.45, 2.75) is 110 Å². The number of benzene rings is 1. The van der Waals surface area contributed by atoms with Gasteiger partial charge in [0.25, 0.3) is 0 Å². The lowest BCUT2D eigenvalue weighted by Crippen LogP contribution is -2.38. The van der Waals surface area contributed by atoms with Gasteiger partial charge in [-0.3, -0.25) is 0 Å². The average Bonchev–Trinajstić information content (AvgIpc) is 2.65. The molecule has 0 amide bonds. The van der Waals surface area contributed by atoms with Crippen LogP contribution in [0.5, 0.6) is 0 Å². The zero-order valence-corrected chi connectivity index (χ0v) is 17.8. The van der Waals surface area contributed by atoms with E-state index in [1.165, 1.54) is 88.2 Å². The number of nitrogens with one attached hydrogen (secondary N) is 1. The molecule has 0 aliphatic carbocycles. The highest BCUT2D eigenvalue weighted by Crippen LogP contribution is 2.17. The predicted octanol–water partition coefficient (Wildman–Crippen LogP) is 7.90. The minimum atomic E-state index is 0.219. The number of unbranched alkanes of at least 4 members (excludes halogenated alkanes) is 10. The van der Waals surface area contributed by atoms with Gasteiger partial charge in [-0.25, -0.2) is 0 Å². The smallest absolute Gasteiger partial charge is 0.0210 e. The average molecular weight is 358 g/mol. The van der Waals surface area contributed by atoms with Crippen molar-refractivity contribution in [2.75, 3.05) is 0 Å². The molecule has 0 aromatic heterocycles. The Kier molecular flexibility index (Phi) is 12.4. The Balaban J connectivity index is 2.02. The van der Waals surface area contributed by atoms with Crippen molar-refractivity contribution in [2.24, 2.45) is 0 Å². The summed E-state index contributed by atoms with van der Waals surface area (Å²) >= 11 is 0. The maximum atomic E-state index is 3.81. The van der Waals surface area contributed by atoms with Crippen LogP contribution in [-0.2, 0) is 6.54 Å². The van der Waals surface area contributed by atoms with Crippen LogP contribution in [0.4, 0.5) is 0 Å². The number of hydrogen-bond acceptors (Lipinski definition) is 1. The van der Waals surface area contributed by atoms with Crippen LogP contribution in [0.25, 0.3) is 6.08 Å². The Hall–Kier alpha value is -1.08. The van der Waals surface area contributed by atoms with Gasteiger partial charge < -0.3 is 5.32 Å². The minimum absolute atomic E-state index is 0.219. The van der Waals surface area contributed by atoms with E-state index in [4.69, 9.17) is 0 Å². The minimum Gasteiger partial charge on any atom is -0.308 e. The second-order valence-electron chi connectivity index (χ2n) is 8.47. The van der Waals surface area contributed by atoms with Crippen molar-refractivity contribution in [3.8, 4) is 0 Å². The molecular formula is C25H43N. The molecule has 26 heavy (non-hydrogen) atoms. The van der Waals surface area contributed by atoms with Gasteiger partial charge in [0.2, 0.25) is 0 Å². The quantitative estimate of drug-likeness (QED) is 0.296. The molecule has 0 saturated carbocycles. The molecule has 1 rings (SSSR count). The SMILES string of the molecule is C=Cc1ccc(CNC(C)(C)CCCCCCCCCCCCC)cc1. The highest BCUT2D eigenvalue weighted by molar-refractivity contribution is 5.47. The van der Waals surface area contributed by atoms with E-state index < -0.39 is 0 Å². The van der Waals surface area contributed by atoms with Gasteiger partial charge in [0.1, 0.15) is 0 Å². The summed E-state index contributed by atoms with van der Waals surface area (Å²) in [5.74, 6) is 0. The highest BCUT2D eigenvalue weighted by Gasteiger charge is 2.15. The van der Waals surface area contributed by atoms with Crippen molar-refractivity contribution in [1.82, 2.24) is 5.32 Å². The zero-order chi connectivity index (χ0) is 19.1. The first-order valence-electron chi connectivity index (χ1n) is 11.0. The second kappa shape index (κ2) is 14.0. The Bertz CT molecular complexity index is 458. The van der Waals surface area contributed by atoms with Gasteiger partial charge in [0.15, 0.2) is 0 Å². The summed E-state index contributed by atoms with van der Waals surface area (Å²) in [5, 5.41) is 3.72. The first-order chi connectivity index (χ1) is 12.6. The fourth-order valence-electron chi connectivity index (χ4n) is 3.43. The van der Waals surface area contributed by atoms with Crippen LogP contribution >= 0.6 is 0 Å². The van der Waals surface area contributed by atoms with Crippen molar-refractivity contribution in [3.63, 3.8) is 0 Å². The number of hydrogen-bond donors (Lipinski definition) is 1. The van der Waals surface area contributed by atoms with Crippen LogP contribution in [0, 0.1) is 0 Å². The van der Waals surface area contributed by atoms with Gasteiger partial charge in [-0.1, -0.05) is 114 Å². The summed E-state index contributed by atoms with van der Waals surface area (Å²) in [6.45, 7) is 11.7. The molecule has 0 saturated heterocycles. The fourth-order valence-corrected chi connectivity index (χ4v) is 3.43. The van der Waals surface area contributed by atoms with Crippen LogP contribution in [0.3, 0.4) is 0 Å². The maximum Gasteiger partial charge on any atom is 0.0210 e. The molecule has 1 aromatic rings. The van der Waals surface area contributed by atoms with E-state index in [0.717, 1.165) is 6.54 Å². The lowest BCUT2D eigenvalue weighted by atomic mass is 9.95. The van der Waals surface area contributed by atoms with Crippen LogP contribution < -0.4 is 5.32 Å². The standard InChI is InChI=1S/C25H43N/c1-5-7-8-9-10-11-12-13-14-15-16-21-25(3,4)26-22-24-19-17-23(6-2)18-20-24/h6,17-20,26H,2,5,7-16,21-22H2,1,3-4H3. The summed E-state index contributed by atoms with van der Waals surface area (Å²) in [6, 6.07) is 8.67. The topological polar surface area (TPSA) is 12.0 Å². The second-order valence-corrected chi connectivity index (χ2v) is 8.47. The molecule has 0 spiro atoms. The third-order valence-electron chi connectivity index (χ3n) is 5.39. The Labute approximate surface area is 163 Å². The van der Waals surface area contributed by atoms with Crippen LogP contribution in [-0.4, -0.2) is 5.54 Å². The van der Waals surface area contributed by atoms with Crippen LogP contribution in [0.15, 0.2) is 30.8 Å². The van der Waals surface area contributed by atoms with Crippen molar-refractivity contribution in [1.29, 1.82) is 0 Å². The first kappa shape index (κ1) is 23.0. The molecule has 0 atom stereocenters. The Morgan fingerprint density at radius 2 is 1.31 bits per heavy atom. The van der Waals surface area contributed by atoms with Gasteiger partial charge in [0.05, 0.1) is 0 Å². The maximum absolute atomic E-state index is 3.81. The van der Waals surface area contributed by atoms with E-state index >= 15 is 0 Å². The highest BCUT2D eigenvalue weighted by atomic mass is 14.9. The molecule has 1 heteroatoms.